The van der Waals surface area contributed by atoms with E-state index in [-0.39, 0.29) is 11.1 Å². The third-order valence-electron chi connectivity index (χ3n) is 5.75. The molecule has 1 aromatic carbocycles. The van der Waals surface area contributed by atoms with Crippen molar-refractivity contribution in [2.24, 2.45) is 5.92 Å². The number of thiophene rings is 1. The summed E-state index contributed by atoms with van der Waals surface area (Å²) >= 11 is 9.09. The molecule has 32 heavy (non-hydrogen) atoms. The summed E-state index contributed by atoms with van der Waals surface area (Å²) in [6, 6.07) is 5.06. The lowest BCUT2D eigenvalue weighted by atomic mass is 9.89. The Morgan fingerprint density at radius 1 is 1.38 bits per heavy atom. The molecule has 0 saturated heterocycles. The normalized spacial score (nSPS) is 15.9. The number of halogens is 1. The van der Waals surface area contributed by atoms with Gasteiger partial charge in [-0.15, -0.1) is 17.9 Å². The van der Waals surface area contributed by atoms with E-state index in [1.54, 1.807) is 40.2 Å². The lowest BCUT2D eigenvalue weighted by Crippen LogP contribution is -2.23. The van der Waals surface area contributed by atoms with Crippen molar-refractivity contribution in [3.63, 3.8) is 0 Å². The number of aryl methyl sites for hydroxylation is 1. The first kappa shape index (κ1) is 21.4. The molecule has 1 atom stereocenters. The first-order chi connectivity index (χ1) is 15.4. The third kappa shape index (κ3) is 3.80. The molecule has 0 fully saturated rings. The molecule has 6 nitrogen and oxygen atoms in total. The van der Waals surface area contributed by atoms with Crippen molar-refractivity contribution in [2.75, 3.05) is 0 Å². The molecule has 0 radical (unpaired) electrons. The zero-order chi connectivity index (χ0) is 22.4. The molecular weight excluding hydrogens is 464 g/mol. The largest absolute Gasteiger partial charge is 0.309 e. The van der Waals surface area contributed by atoms with Gasteiger partial charge < -0.3 is 4.98 Å². The van der Waals surface area contributed by atoms with E-state index in [1.165, 1.54) is 22.2 Å². The second-order valence-electron chi connectivity index (χ2n) is 8.09. The van der Waals surface area contributed by atoms with Crippen molar-refractivity contribution in [3.05, 3.63) is 72.8 Å². The first-order valence-electron chi connectivity index (χ1n) is 10.4. The number of fused-ring (bicyclic) bond motifs is 4. The summed E-state index contributed by atoms with van der Waals surface area (Å²) in [5.41, 5.74) is 1.48. The van der Waals surface area contributed by atoms with Crippen molar-refractivity contribution in [3.8, 4) is 0 Å². The Hall–Kier alpha value is -2.42. The number of allylic oxidation sites excluding steroid dienone is 1. The predicted molar refractivity (Wildman–Crippen MR) is 132 cm³/mol. The van der Waals surface area contributed by atoms with Gasteiger partial charge in [-0.3, -0.25) is 14.2 Å². The SMILES string of the molecule is C=CCn1c(SCc2nc3sc4c(c3c(=O)[nH]2)CC[C@@H](C)C4)nc2cc(Cl)ccc2c1=O. The minimum Gasteiger partial charge on any atom is -0.309 e. The zero-order valence-electron chi connectivity index (χ0n) is 17.5. The monoisotopic (exact) mass is 484 g/mol. The second-order valence-corrected chi connectivity index (χ2v) is 10.6. The molecule has 3 heterocycles. The van der Waals surface area contributed by atoms with Crippen LogP contribution in [0, 0.1) is 5.92 Å². The molecule has 0 aliphatic heterocycles. The van der Waals surface area contributed by atoms with Gasteiger partial charge in [-0.1, -0.05) is 36.4 Å². The molecule has 1 aliphatic rings. The van der Waals surface area contributed by atoms with Crippen molar-refractivity contribution in [1.29, 1.82) is 0 Å². The van der Waals surface area contributed by atoms with E-state index < -0.39 is 0 Å². The minimum absolute atomic E-state index is 0.0839. The Labute approximate surface area is 197 Å². The first-order valence-corrected chi connectivity index (χ1v) is 12.6. The Morgan fingerprint density at radius 3 is 3.03 bits per heavy atom. The third-order valence-corrected chi connectivity index (χ3v) is 8.12. The van der Waals surface area contributed by atoms with Gasteiger partial charge in [0.05, 0.1) is 22.0 Å². The molecule has 5 rings (SSSR count). The van der Waals surface area contributed by atoms with Crippen LogP contribution in [0.3, 0.4) is 0 Å². The number of hydrogen-bond acceptors (Lipinski definition) is 6. The molecule has 0 bridgehead atoms. The van der Waals surface area contributed by atoms with E-state index in [4.69, 9.17) is 16.6 Å². The summed E-state index contributed by atoms with van der Waals surface area (Å²) in [6.07, 6.45) is 4.72. The number of thioether (sulfide) groups is 1. The summed E-state index contributed by atoms with van der Waals surface area (Å²) in [5, 5.41) is 2.31. The molecule has 0 unspecified atom stereocenters. The van der Waals surface area contributed by atoms with E-state index >= 15 is 0 Å². The van der Waals surface area contributed by atoms with Crippen molar-refractivity contribution < 1.29 is 0 Å². The number of aromatic nitrogens is 4. The maximum absolute atomic E-state index is 13.0. The van der Waals surface area contributed by atoms with Crippen LogP contribution in [0.1, 0.15) is 29.6 Å². The van der Waals surface area contributed by atoms with Gasteiger partial charge in [0.2, 0.25) is 0 Å². The van der Waals surface area contributed by atoms with Gasteiger partial charge in [-0.2, -0.15) is 0 Å². The molecule has 1 aliphatic carbocycles. The predicted octanol–water partition coefficient (Wildman–Crippen LogP) is 4.95. The Balaban J connectivity index is 1.51. The maximum atomic E-state index is 13.0. The van der Waals surface area contributed by atoms with Gasteiger partial charge in [0.15, 0.2) is 5.16 Å². The van der Waals surface area contributed by atoms with Crippen LogP contribution in [-0.2, 0) is 25.1 Å². The number of nitrogens with zero attached hydrogens (tertiary/aromatic N) is 3. The topological polar surface area (TPSA) is 80.6 Å². The Bertz CT molecular complexity index is 1490. The molecule has 0 spiro atoms. The lowest BCUT2D eigenvalue weighted by Gasteiger charge is -2.17. The van der Waals surface area contributed by atoms with E-state index in [0.29, 0.717) is 45.1 Å². The Morgan fingerprint density at radius 2 is 2.22 bits per heavy atom. The van der Waals surface area contributed by atoms with Crippen LogP contribution in [0.4, 0.5) is 0 Å². The van der Waals surface area contributed by atoms with Crippen LogP contribution in [0.25, 0.3) is 21.1 Å². The number of benzene rings is 1. The average Bonchev–Trinajstić information content (AvgIpc) is 3.12. The minimum atomic E-state index is -0.147. The number of aromatic amines is 1. The van der Waals surface area contributed by atoms with Crippen LogP contribution in [0.2, 0.25) is 5.02 Å². The quantitative estimate of drug-likeness (QED) is 0.246. The maximum Gasteiger partial charge on any atom is 0.262 e. The van der Waals surface area contributed by atoms with Gasteiger partial charge in [-0.25, -0.2) is 9.97 Å². The van der Waals surface area contributed by atoms with Gasteiger partial charge in [0.25, 0.3) is 11.1 Å². The molecule has 0 amide bonds. The van der Waals surface area contributed by atoms with Crippen molar-refractivity contribution >= 4 is 55.8 Å². The van der Waals surface area contributed by atoms with Crippen molar-refractivity contribution in [2.45, 2.75) is 43.6 Å². The molecular formula is C23H21ClN4O2S2. The highest BCUT2D eigenvalue weighted by atomic mass is 35.5. The van der Waals surface area contributed by atoms with Gasteiger partial charge >= 0.3 is 0 Å². The Kier molecular flexibility index (Phi) is 5.69. The van der Waals surface area contributed by atoms with E-state index in [2.05, 4.69) is 23.5 Å². The number of rotatable bonds is 5. The molecule has 1 N–H and O–H groups in total. The van der Waals surface area contributed by atoms with Crippen molar-refractivity contribution in [1.82, 2.24) is 19.5 Å². The highest BCUT2D eigenvalue weighted by Crippen LogP contribution is 2.35. The van der Waals surface area contributed by atoms with E-state index in [9.17, 15) is 9.59 Å². The fraction of sp³-hybridized carbons (Fsp3) is 0.304. The highest BCUT2D eigenvalue weighted by Gasteiger charge is 2.23. The highest BCUT2D eigenvalue weighted by molar-refractivity contribution is 7.98. The number of H-pyrrole nitrogens is 1. The summed E-state index contributed by atoms with van der Waals surface area (Å²) in [7, 11) is 0. The van der Waals surface area contributed by atoms with Crippen LogP contribution in [0.15, 0.2) is 45.6 Å². The standard InChI is InChI=1S/C23H21ClN4O2S2/c1-3-8-28-22(30)14-7-5-13(24)10-16(14)25-23(28)31-11-18-26-20(29)19-15-6-4-12(2)9-17(15)32-21(19)27-18/h3,5,7,10,12H,1,4,6,8-9,11H2,2H3,(H,26,27,29)/t12-/m1/s1. The lowest BCUT2D eigenvalue weighted by molar-refractivity contribution is 0.509. The molecule has 9 heteroatoms. The van der Waals surface area contributed by atoms with Crippen LogP contribution >= 0.6 is 34.7 Å². The van der Waals surface area contributed by atoms with Crippen LogP contribution < -0.4 is 11.1 Å². The fourth-order valence-corrected chi connectivity index (χ4v) is 6.62. The van der Waals surface area contributed by atoms with Crippen LogP contribution in [0.5, 0.6) is 0 Å². The van der Waals surface area contributed by atoms with Gasteiger partial charge in [0, 0.05) is 16.4 Å². The molecule has 3 aromatic heterocycles. The molecule has 0 saturated carbocycles. The number of hydrogen-bond donors (Lipinski definition) is 1. The van der Waals surface area contributed by atoms with E-state index in [1.807, 2.05) is 0 Å². The average molecular weight is 485 g/mol. The smallest absolute Gasteiger partial charge is 0.262 e. The molecule has 4 aromatic rings. The summed E-state index contributed by atoms with van der Waals surface area (Å²) in [4.78, 5) is 40.3. The summed E-state index contributed by atoms with van der Waals surface area (Å²) in [6.45, 7) is 6.35. The van der Waals surface area contributed by atoms with Crippen LogP contribution in [-0.4, -0.2) is 19.5 Å². The fourth-order valence-electron chi connectivity index (χ4n) is 4.17. The summed E-state index contributed by atoms with van der Waals surface area (Å²) < 4.78 is 1.58. The van der Waals surface area contributed by atoms with Gasteiger partial charge in [-0.05, 0) is 48.9 Å². The molecule has 164 valence electrons. The second kappa shape index (κ2) is 8.50. The summed E-state index contributed by atoms with van der Waals surface area (Å²) in [5.74, 6) is 1.60. The number of nitrogens with one attached hydrogen (secondary N) is 1. The van der Waals surface area contributed by atoms with E-state index in [0.717, 1.165) is 29.5 Å². The zero-order valence-corrected chi connectivity index (χ0v) is 19.9. The van der Waals surface area contributed by atoms with Gasteiger partial charge in [0.1, 0.15) is 10.7 Å².